The molecule has 0 spiro atoms. The number of ketones is 1. The van der Waals surface area contributed by atoms with Gasteiger partial charge in [0, 0.05) is 0 Å². The van der Waals surface area contributed by atoms with Gasteiger partial charge in [0.25, 0.3) is 0 Å². The lowest BCUT2D eigenvalue weighted by Gasteiger charge is -2.21. The maximum atomic E-state index is 13.6. The number of Topliss-reactive ketones (excluding diaryl/α,β-unsaturated/α-hetero) is 1. The second-order valence-electron chi connectivity index (χ2n) is 5.18. The zero-order valence-electron chi connectivity index (χ0n) is 13.4. The number of carbonyl (C=O) groups is 2. The average molecular weight is 346 g/mol. The summed E-state index contributed by atoms with van der Waals surface area (Å²) < 4.78 is 34.6. The van der Waals surface area contributed by atoms with E-state index in [1.807, 2.05) is 0 Å². The molecule has 0 radical (unpaired) electrons. The van der Waals surface area contributed by atoms with E-state index in [1.54, 1.807) is 0 Å². The van der Waals surface area contributed by atoms with Gasteiger partial charge in [-0.1, -0.05) is 12.1 Å². The number of benzene rings is 2. The van der Waals surface area contributed by atoms with Crippen LogP contribution in [-0.4, -0.2) is 38.7 Å². The third-order valence-electron chi connectivity index (χ3n) is 3.57. The van der Waals surface area contributed by atoms with E-state index in [0.29, 0.717) is 30.5 Å². The molecule has 0 aliphatic carbocycles. The molecule has 0 N–H and O–H groups in total. The van der Waals surface area contributed by atoms with Crippen LogP contribution in [0.3, 0.4) is 0 Å². The van der Waals surface area contributed by atoms with Crippen LogP contribution in [0, 0.1) is 5.82 Å². The van der Waals surface area contributed by atoms with E-state index in [0.717, 1.165) is 0 Å². The molecule has 1 heterocycles. The molecule has 1 aliphatic rings. The molecule has 0 saturated carbocycles. The van der Waals surface area contributed by atoms with Crippen LogP contribution in [0.5, 0.6) is 17.2 Å². The van der Waals surface area contributed by atoms with Crippen LogP contribution in [0.4, 0.5) is 4.39 Å². The second kappa shape index (κ2) is 7.21. The number of hydrogen-bond donors (Lipinski definition) is 0. The monoisotopic (exact) mass is 346 g/mol. The molecule has 6 nitrogen and oxygen atoms in total. The lowest BCUT2D eigenvalue weighted by molar-refractivity contribution is 0.0472. The highest BCUT2D eigenvalue weighted by Crippen LogP contribution is 2.40. The second-order valence-corrected chi connectivity index (χ2v) is 5.18. The molecule has 3 rings (SSSR count). The molecule has 0 atom stereocenters. The van der Waals surface area contributed by atoms with E-state index in [1.165, 1.54) is 43.5 Å². The molecule has 0 aromatic heterocycles. The summed E-state index contributed by atoms with van der Waals surface area (Å²) in [6, 6.07) is 8.39. The van der Waals surface area contributed by atoms with Gasteiger partial charge in [-0.25, -0.2) is 9.18 Å². The van der Waals surface area contributed by atoms with Gasteiger partial charge in [-0.2, -0.15) is 0 Å². The molecule has 2 aromatic rings. The minimum absolute atomic E-state index is 0.130. The fourth-order valence-electron chi connectivity index (χ4n) is 2.37. The van der Waals surface area contributed by atoms with Gasteiger partial charge in [0.1, 0.15) is 19.0 Å². The summed E-state index contributed by atoms with van der Waals surface area (Å²) in [4.78, 5) is 24.2. The first-order valence-corrected chi connectivity index (χ1v) is 7.52. The predicted octanol–water partition coefficient (Wildman–Crippen LogP) is 2.65. The minimum atomic E-state index is -0.750. The molecular weight excluding hydrogens is 331 g/mol. The number of fused-ring (bicyclic) bond motifs is 1. The Morgan fingerprint density at radius 1 is 1.16 bits per heavy atom. The Labute approximate surface area is 143 Å². The van der Waals surface area contributed by atoms with Crippen molar-refractivity contribution in [2.75, 3.05) is 26.9 Å². The SMILES string of the molecule is COc1cc(C(=O)OCC(=O)c2ccccc2F)cc2c1OCCO2. The quantitative estimate of drug-likeness (QED) is 0.612. The highest BCUT2D eigenvalue weighted by molar-refractivity contribution is 5.99. The first-order valence-electron chi connectivity index (χ1n) is 7.52. The average Bonchev–Trinajstić information content (AvgIpc) is 2.65. The van der Waals surface area contributed by atoms with Gasteiger partial charge in [-0.3, -0.25) is 4.79 Å². The molecule has 1 aliphatic heterocycles. The van der Waals surface area contributed by atoms with Gasteiger partial charge in [0.2, 0.25) is 11.5 Å². The van der Waals surface area contributed by atoms with Crippen LogP contribution < -0.4 is 14.2 Å². The van der Waals surface area contributed by atoms with E-state index in [-0.39, 0.29) is 11.1 Å². The van der Waals surface area contributed by atoms with Crippen LogP contribution in [0.15, 0.2) is 36.4 Å². The van der Waals surface area contributed by atoms with Crippen molar-refractivity contribution in [3.05, 3.63) is 53.3 Å². The maximum absolute atomic E-state index is 13.6. The van der Waals surface area contributed by atoms with Crippen molar-refractivity contribution >= 4 is 11.8 Å². The van der Waals surface area contributed by atoms with Crippen molar-refractivity contribution in [1.29, 1.82) is 0 Å². The molecule has 0 bridgehead atoms. The zero-order valence-corrected chi connectivity index (χ0v) is 13.4. The van der Waals surface area contributed by atoms with E-state index >= 15 is 0 Å². The molecule has 25 heavy (non-hydrogen) atoms. The summed E-state index contributed by atoms with van der Waals surface area (Å²) in [5.41, 5.74) is 0.0116. The predicted molar refractivity (Wildman–Crippen MR) is 85.0 cm³/mol. The van der Waals surface area contributed by atoms with Crippen molar-refractivity contribution in [1.82, 2.24) is 0 Å². The van der Waals surface area contributed by atoms with Crippen LogP contribution in [0.1, 0.15) is 20.7 Å². The highest BCUT2D eigenvalue weighted by atomic mass is 19.1. The van der Waals surface area contributed by atoms with Crippen LogP contribution >= 0.6 is 0 Å². The molecule has 0 unspecified atom stereocenters. The van der Waals surface area contributed by atoms with Gasteiger partial charge >= 0.3 is 5.97 Å². The van der Waals surface area contributed by atoms with Crippen LogP contribution in [0.2, 0.25) is 0 Å². The third-order valence-corrected chi connectivity index (χ3v) is 3.57. The Balaban J connectivity index is 1.73. The van der Waals surface area contributed by atoms with E-state index in [2.05, 4.69) is 0 Å². The Bertz CT molecular complexity index is 800. The molecule has 130 valence electrons. The van der Waals surface area contributed by atoms with Crippen molar-refractivity contribution in [2.24, 2.45) is 0 Å². The first-order chi connectivity index (χ1) is 12.1. The van der Waals surface area contributed by atoms with Crippen LogP contribution in [0.25, 0.3) is 0 Å². The molecule has 7 heteroatoms. The van der Waals surface area contributed by atoms with E-state index in [9.17, 15) is 14.0 Å². The lowest BCUT2D eigenvalue weighted by atomic mass is 10.1. The molecular formula is C18H15FO6. The van der Waals surface area contributed by atoms with Gasteiger partial charge in [0.15, 0.2) is 18.1 Å². The summed E-state index contributed by atoms with van der Waals surface area (Å²) in [5, 5.41) is 0. The molecule has 0 fully saturated rings. The number of ether oxygens (including phenoxy) is 4. The summed E-state index contributed by atoms with van der Waals surface area (Å²) >= 11 is 0. The summed E-state index contributed by atoms with van der Waals surface area (Å²) in [6.07, 6.45) is 0. The fraction of sp³-hybridized carbons (Fsp3) is 0.222. The Hall–Kier alpha value is -3.09. The van der Waals surface area contributed by atoms with Crippen molar-refractivity contribution in [3.8, 4) is 17.2 Å². The van der Waals surface area contributed by atoms with Crippen LogP contribution in [-0.2, 0) is 4.74 Å². The maximum Gasteiger partial charge on any atom is 0.338 e. The van der Waals surface area contributed by atoms with Gasteiger partial charge in [-0.15, -0.1) is 0 Å². The zero-order chi connectivity index (χ0) is 17.8. The van der Waals surface area contributed by atoms with Gasteiger partial charge in [0.05, 0.1) is 18.2 Å². The fourth-order valence-corrected chi connectivity index (χ4v) is 2.37. The largest absolute Gasteiger partial charge is 0.493 e. The first kappa shape index (κ1) is 16.8. The summed E-state index contributed by atoms with van der Waals surface area (Å²) in [6.45, 7) is 0.154. The number of rotatable bonds is 5. The number of esters is 1. The lowest BCUT2D eigenvalue weighted by Crippen LogP contribution is -2.18. The third kappa shape index (κ3) is 3.55. The minimum Gasteiger partial charge on any atom is -0.493 e. The standard InChI is InChI=1S/C18H15FO6/c1-22-15-8-11(9-16-17(15)24-7-6-23-16)18(21)25-10-14(20)12-4-2-3-5-13(12)19/h2-5,8-9H,6-7,10H2,1H3. The van der Waals surface area contributed by atoms with Crippen molar-refractivity contribution < 1.29 is 32.9 Å². The van der Waals surface area contributed by atoms with E-state index in [4.69, 9.17) is 18.9 Å². The van der Waals surface area contributed by atoms with E-state index < -0.39 is 24.2 Å². The topological polar surface area (TPSA) is 71.1 Å². The Morgan fingerprint density at radius 2 is 1.92 bits per heavy atom. The summed E-state index contributed by atoms with van der Waals surface area (Å²) in [7, 11) is 1.43. The number of carbonyl (C=O) groups excluding carboxylic acids is 2. The molecule has 2 aromatic carbocycles. The van der Waals surface area contributed by atoms with Crippen molar-refractivity contribution in [2.45, 2.75) is 0 Å². The normalized spacial score (nSPS) is 12.4. The molecule has 0 amide bonds. The highest BCUT2D eigenvalue weighted by Gasteiger charge is 2.22. The molecule has 0 saturated heterocycles. The number of methoxy groups -OCH3 is 1. The number of halogens is 1. The van der Waals surface area contributed by atoms with Gasteiger partial charge < -0.3 is 18.9 Å². The van der Waals surface area contributed by atoms with Crippen molar-refractivity contribution in [3.63, 3.8) is 0 Å². The Kier molecular flexibility index (Phi) is 4.83. The Morgan fingerprint density at radius 3 is 2.68 bits per heavy atom. The van der Waals surface area contributed by atoms with Gasteiger partial charge in [-0.05, 0) is 24.3 Å². The number of hydrogen-bond acceptors (Lipinski definition) is 6. The summed E-state index contributed by atoms with van der Waals surface area (Å²) in [5.74, 6) is -0.948. The smallest absolute Gasteiger partial charge is 0.338 e.